The van der Waals surface area contributed by atoms with Crippen molar-refractivity contribution < 1.29 is 14.3 Å². The number of benzene rings is 1. The predicted octanol–water partition coefficient (Wildman–Crippen LogP) is 3.23. The predicted molar refractivity (Wildman–Crippen MR) is 93.7 cm³/mol. The summed E-state index contributed by atoms with van der Waals surface area (Å²) >= 11 is 9.02. The third-order valence-corrected chi connectivity index (χ3v) is 4.75. The number of methoxy groups -OCH3 is 1. The zero-order valence-electron chi connectivity index (χ0n) is 12.6. The molecule has 0 heterocycles. The molecule has 0 spiro atoms. The van der Waals surface area contributed by atoms with Crippen molar-refractivity contribution in [1.82, 2.24) is 5.32 Å². The number of halogens is 1. The van der Waals surface area contributed by atoms with Crippen LogP contribution in [0, 0.1) is 0 Å². The van der Waals surface area contributed by atoms with E-state index in [2.05, 4.69) is 5.32 Å². The Balaban J connectivity index is 2.36. The van der Waals surface area contributed by atoms with Gasteiger partial charge in [0.1, 0.15) is 6.04 Å². The smallest absolute Gasteiger partial charge is 0.328 e. The zero-order chi connectivity index (χ0) is 16.4. The highest BCUT2D eigenvalue weighted by atomic mass is 35.5. The summed E-state index contributed by atoms with van der Waals surface area (Å²) in [5.74, 6) is 0.898. The van der Waals surface area contributed by atoms with Crippen LogP contribution in [0.4, 0.5) is 0 Å². The van der Waals surface area contributed by atoms with Crippen molar-refractivity contribution in [1.29, 1.82) is 0 Å². The average molecular weight is 362 g/mol. The Morgan fingerprint density at radius 1 is 1.27 bits per heavy atom. The van der Waals surface area contributed by atoms with E-state index in [9.17, 15) is 9.59 Å². The molecule has 7 heteroatoms. The van der Waals surface area contributed by atoms with Crippen LogP contribution in [0.2, 0.25) is 5.02 Å². The van der Waals surface area contributed by atoms with Crippen molar-refractivity contribution in [3.05, 3.63) is 29.3 Å². The van der Waals surface area contributed by atoms with Crippen molar-refractivity contribution in [2.24, 2.45) is 0 Å². The highest BCUT2D eigenvalue weighted by Crippen LogP contribution is 2.20. The first-order valence-corrected chi connectivity index (χ1v) is 9.57. The van der Waals surface area contributed by atoms with Crippen LogP contribution in [0.1, 0.15) is 12.8 Å². The largest absolute Gasteiger partial charge is 0.467 e. The first-order valence-electron chi connectivity index (χ1n) is 6.81. The lowest BCUT2D eigenvalue weighted by Gasteiger charge is -2.15. The Bertz CT molecular complexity index is 482. The summed E-state index contributed by atoms with van der Waals surface area (Å²) in [5, 5.41) is 3.43. The van der Waals surface area contributed by atoms with Crippen molar-refractivity contribution >= 4 is 47.0 Å². The van der Waals surface area contributed by atoms with E-state index >= 15 is 0 Å². The molecule has 0 aliphatic rings. The van der Waals surface area contributed by atoms with Crippen molar-refractivity contribution in [2.75, 3.05) is 24.9 Å². The van der Waals surface area contributed by atoms with E-state index in [4.69, 9.17) is 16.3 Å². The fraction of sp³-hybridized carbons (Fsp3) is 0.467. The Morgan fingerprint density at radius 2 is 1.95 bits per heavy atom. The number of thioether (sulfide) groups is 2. The summed E-state index contributed by atoms with van der Waals surface area (Å²) in [6, 6.07) is 6.91. The maximum absolute atomic E-state index is 11.9. The Labute approximate surface area is 144 Å². The number of nitrogens with one attached hydrogen (secondary N) is 1. The molecule has 0 aliphatic carbocycles. The number of amides is 1. The molecular formula is C15H20ClNO3S2. The number of carbonyl (C=O) groups excluding carboxylic acids is 2. The molecule has 0 saturated heterocycles. The minimum absolute atomic E-state index is 0.141. The summed E-state index contributed by atoms with van der Waals surface area (Å²) in [4.78, 5) is 24.6. The monoisotopic (exact) mass is 361 g/mol. The van der Waals surface area contributed by atoms with Crippen molar-refractivity contribution in [3.8, 4) is 0 Å². The summed E-state index contributed by atoms with van der Waals surface area (Å²) in [6.45, 7) is 0. The molecule has 1 aromatic carbocycles. The van der Waals surface area contributed by atoms with Crippen molar-refractivity contribution in [3.63, 3.8) is 0 Å². The fourth-order valence-corrected chi connectivity index (χ4v) is 3.13. The topological polar surface area (TPSA) is 55.4 Å². The van der Waals surface area contributed by atoms with Gasteiger partial charge in [0.05, 0.1) is 7.11 Å². The van der Waals surface area contributed by atoms with Gasteiger partial charge < -0.3 is 10.1 Å². The van der Waals surface area contributed by atoms with E-state index < -0.39 is 12.0 Å². The molecule has 1 aromatic rings. The van der Waals surface area contributed by atoms with Gasteiger partial charge in [0, 0.05) is 22.1 Å². The summed E-state index contributed by atoms with van der Waals surface area (Å²) in [5.41, 5.74) is 0. The maximum atomic E-state index is 11.9. The maximum Gasteiger partial charge on any atom is 0.328 e. The highest BCUT2D eigenvalue weighted by molar-refractivity contribution is 7.99. The summed E-state index contributed by atoms with van der Waals surface area (Å²) < 4.78 is 4.71. The molecule has 0 unspecified atom stereocenters. The molecule has 1 amide bonds. The minimum Gasteiger partial charge on any atom is -0.467 e. The molecule has 4 nitrogen and oxygen atoms in total. The van der Waals surface area contributed by atoms with Gasteiger partial charge in [-0.2, -0.15) is 11.8 Å². The third kappa shape index (κ3) is 7.42. The van der Waals surface area contributed by atoms with Gasteiger partial charge in [-0.05, 0) is 42.7 Å². The van der Waals surface area contributed by atoms with E-state index in [0.717, 1.165) is 10.6 Å². The molecule has 0 saturated carbocycles. The number of carbonyl (C=O) groups is 2. The number of ether oxygens (including phenoxy) is 1. The first-order chi connectivity index (χ1) is 10.6. The molecule has 0 fully saturated rings. The summed E-state index contributed by atoms with van der Waals surface area (Å²) in [7, 11) is 1.33. The van der Waals surface area contributed by atoms with Gasteiger partial charge in [0.2, 0.25) is 5.91 Å². The van der Waals surface area contributed by atoms with Gasteiger partial charge in [-0.25, -0.2) is 4.79 Å². The lowest BCUT2D eigenvalue weighted by molar-refractivity contribution is -0.145. The Kier molecular flexibility index (Phi) is 9.43. The number of hydrogen-bond acceptors (Lipinski definition) is 5. The van der Waals surface area contributed by atoms with E-state index in [-0.39, 0.29) is 5.91 Å². The Morgan fingerprint density at radius 3 is 2.55 bits per heavy atom. The first kappa shape index (κ1) is 19.2. The second-order valence-corrected chi connectivity index (χ2v) is 7.07. The minimum atomic E-state index is -0.564. The fourth-order valence-electron chi connectivity index (χ4n) is 1.69. The van der Waals surface area contributed by atoms with Gasteiger partial charge in [0.25, 0.3) is 0 Å². The molecule has 0 bridgehead atoms. The molecule has 0 radical (unpaired) electrons. The lowest BCUT2D eigenvalue weighted by atomic mass is 10.2. The van der Waals surface area contributed by atoms with Crippen LogP contribution in [0.25, 0.3) is 0 Å². The molecule has 1 N–H and O–H groups in total. The Hall–Kier alpha value is -0.850. The van der Waals surface area contributed by atoms with Gasteiger partial charge >= 0.3 is 5.97 Å². The standard InChI is InChI=1S/C15H20ClNO3S2/c1-20-15(19)13(7-9-21-2)17-14(18)8-10-22-12-5-3-11(16)4-6-12/h3-6,13H,7-10H2,1-2H3,(H,17,18)/t13-/m0/s1. The molecular weight excluding hydrogens is 342 g/mol. The molecule has 0 aliphatic heterocycles. The van der Waals surface area contributed by atoms with Crippen LogP contribution in [0.3, 0.4) is 0 Å². The molecule has 0 aromatic heterocycles. The normalized spacial score (nSPS) is 11.8. The SMILES string of the molecule is COC(=O)[C@H](CCSC)NC(=O)CCSc1ccc(Cl)cc1. The van der Waals surface area contributed by atoms with Gasteiger partial charge in [-0.1, -0.05) is 11.6 Å². The summed E-state index contributed by atoms with van der Waals surface area (Å²) in [6.07, 6.45) is 2.88. The van der Waals surface area contributed by atoms with Crippen LogP contribution in [0.5, 0.6) is 0 Å². The zero-order valence-corrected chi connectivity index (χ0v) is 15.0. The molecule has 1 atom stereocenters. The van der Waals surface area contributed by atoms with Crippen LogP contribution >= 0.6 is 35.1 Å². The van der Waals surface area contributed by atoms with Crippen LogP contribution in [-0.4, -0.2) is 42.8 Å². The van der Waals surface area contributed by atoms with E-state index in [0.29, 0.717) is 23.6 Å². The molecule has 122 valence electrons. The highest BCUT2D eigenvalue weighted by Gasteiger charge is 2.20. The van der Waals surface area contributed by atoms with Crippen LogP contribution in [0.15, 0.2) is 29.2 Å². The van der Waals surface area contributed by atoms with Gasteiger partial charge in [-0.15, -0.1) is 11.8 Å². The van der Waals surface area contributed by atoms with E-state index in [1.54, 1.807) is 23.5 Å². The second-order valence-electron chi connectivity index (χ2n) is 4.48. The number of rotatable bonds is 9. The van der Waals surface area contributed by atoms with E-state index in [1.165, 1.54) is 7.11 Å². The number of hydrogen-bond donors (Lipinski definition) is 1. The molecule has 22 heavy (non-hydrogen) atoms. The number of esters is 1. The third-order valence-electron chi connectivity index (χ3n) is 2.84. The second kappa shape index (κ2) is 10.8. The van der Waals surface area contributed by atoms with Crippen molar-refractivity contribution in [2.45, 2.75) is 23.8 Å². The molecule has 1 rings (SSSR count). The van der Waals surface area contributed by atoms with E-state index in [1.807, 2.05) is 30.5 Å². The lowest BCUT2D eigenvalue weighted by Crippen LogP contribution is -2.42. The van der Waals surface area contributed by atoms with Crippen LogP contribution < -0.4 is 5.32 Å². The van der Waals surface area contributed by atoms with Gasteiger partial charge in [0.15, 0.2) is 0 Å². The quantitative estimate of drug-likeness (QED) is 0.540. The van der Waals surface area contributed by atoms with Crippen LogP contribution in [-0.2, 0) is 14.3 Å². The van der Waals surface area contributed by atoms with Gasteiger partial charge in [-0.3, -0.25) is 4.79 Å². The average Bonchev–Trinajstić information content (AvgIpc) is 2.52.